The summed E-state index contributed by atoms with van der Waals surface area (Å²) in [5.41, 5.74) is 0.183. The maximum absolute atomic E-state index is 11.7. The summed E-state index contributed by atoms with van der Waals surface area (Å²) >= 11 is 0. The van der Waals surface area contributed by atoms with Crippen molar-refractivity contribution in [1.82, 2.24) is 10.6 Å². The Bertz CT molecular complexity index is 289. The molecule has 1 aliphatic carbocycles. The number of piperidine rings is 1. The Morgan fingerprint density at radius 1 is 1.53 bits per heavy atom. The zero-order valence-electron chi connectivity index (χ0n) is 9.30. The second-order valence-corrected chi connectivity index (χ2v) is 5.29. The first-order valence-electron chi connectivity index (χ1n) is 5.56. The molecule has 1 saturated carbocycles. The molecule has 1 saturated heterocycles. The molecular formula is C11H18N2O2. The summed E-state index contributed by atoms with van der Waals surface area (Å²) < 4.78 is 0. The van der Waals surface area contributed by atoms with Crippen LogP contribution < -0.4 is 10.6 Å². The molecule has 2 atom stereocenters. The van der Waals surface area contributed by atoms with Gasteiger partial charge in [0.05, 0.1) is 0 Å². The average Bonchev–Trinajstić information content (AvgIpc) is 2.79. The first kappa shape index (κ1) is 10.5. The lowest BCUT2D eigenvalue weighted by Gasteiger charge is -2.23. The summed E-state index contributed by atoms with van der Waals surface area (Å²) in [6.07, 6.45) is 2.28. The number of carbonyl (C=O) groups excluding carboxylic acids is 2. The highest BCUT2D eigenvalue weighted by molar-refractivity contribution is 5.83. The molecule has 0 aromatic rings. The van der Waals surface area contributed by atoms with Crippen molar-refractivity contribution in [3.05, 3.63) is 0 Å². The fourth-order valence-electron chi connectivity index (χ4n) is 2.07. The largest absolute Gasteiger partial charge is 0.354 e. The molecule has 2 unspecified atom stereocenters. The minimum Gasteiger partial charge on any atom is -0.354 e. The van der Waals surface area contributed by atoms with Crippen molar-refractivity contribution in [2.75, 3.05) is 6.54 Å². The molecule has 2 amide bonds. The summed E-state index contributed by atoms with van der Waals surface area (Å²) in [4.78, 5) is 22.7. The summed E-state index contributed by atoms with van der Waals surface area (Å²) in [6, 6.07) is 0.131. The standard InChI is InChI=1S/C11H18N2O2/c1-11(2)5-8(11)10(15)13-7-3-4-9(14)12-6-7/h7-8H,3-6H2,1-2H3,(H,12,14)(H,13,15). The van der Waals surface area contributed by atoms with E-state index >= 15 is 0 Å². The third-order valence-corrected chi connectivity index (χ3v) is 3.44. The van der Waals surface area contributed by atoms with Gasteiger partial charge in [-0.2, -0.15) is 0 Å². The van der Waals surface area contributed by atoms with Gasteiger partial charge < -0.3 is 10.6 Å². The molecule has 2 fully saturated rings. The van der Waals surface area contributed by atoms with E-state index in [-0.39, 0.29) is 29.2 Å². The Morgan fingerprint density at radius 3 is 2.67 bits per heavy atom. The van der Waals surface area contributed by atoms with Gasteiger partial charge in [0, 0.05) is 24.9 Å². The average molecular weight is 210 g/mol. The number of carbonyl (C=O) groups is 2. The van der Waals surface area contributed by atoms with Crippen LogP contribution in [-0.2, 0) is 9.59 Å². The molecule has 1 heterocycles. The molecular weight excluding hydrogens is 192 g/mol. The molecule has 84 valence electrons. The van der Waals surface area contributed by atoms with E-state index < -0.39 is 0 Å². The molecule has 0 spiro atoms. The van der Waals surface area contributed by atoms with Crippen LogP contribution >= 0.6 is 0 Å². The van der Waals surface area contributed by atoms with Crippen molar-refractivity contribution in [3.8, 4) is 0 Å². The highest BCUT2D eigenvalue weighted by Gasteiger charge is 2.50. The predicted molar refractivity (Wildman–Crippen MR) is 56.1 cm³/mol. The van der Waals surface area contributed by atoms with Crippen molar-refractivity contribution >= 4 is 11.8 Å². The van der Waals surface area contributed by atoms with E-state index in [1.807, 2.05) is 0 Å². The lowest BCUT2D eigenvalue weighted by molar-refractivity contribution is -0.126. The SMILES string of the molecule is CC1(C)CC1C(=O)NC1CCC(=O)NC1. The smallest absolute Gasteiger partial charge is 0.223 e. The fourth-order valence-corrected chi connectivity index (χ4v) is 2.07. The highest BCUT2D eigenvalue weighted by Crippen LogP contribution is 2.51. The molecule has 0 aromatic heterocycles. The van der Waals surface area contributed by atoms with Gasteiger partial charge in [-0.3, -0.25) is 9.59 Å². The van der Waals surface area contributed by atoms with Crippen LogP contribution in [0, 0.1) is 11.3 Å². The monoisotopic (exact) mass is 210 g/mol. The maximum atomic E-state index is 11.7. The topological polar surface area (TPSA) is 58.2 Å². The maximum Gasteiger partial charge on any atom is 0.223 e. The molecule has 2 rings (SSSR count). The Kier molecular flexibility index (Phi) is 2.44. The molecule has 15 heavy (non-hydrogen) atoms. The van der Waals surface area contributed by atoms with Crippen LogP contribution in [0.4, 0.5) is 0 Å². The van der Waals surface area contributed by atoms with Crippen LogP contribution in [-0.4, -0.2) is 24.4 Å². The third kappa shape index (κ3) is 2.30. The Balaban J connectivity index is 1.78. The van der Waals surface area contributed by atoms with Crippen molar-refractivity contribution < 1.29 is 9.59 Å². The van der Waals surface area contributed by atoms with Gasteiger partial charge in [-0.1, -0.05) is 13.8 Å². The molecule has 2 N–H and O–H groups in total. The van der Waals surface area contributed by atoms with E-state index in [0.29, 0.717) is 13.0 Å². The van der Waals surface area contributed by atoms with Gasteiger partial charge in [0.1, 0.15) is 0 Å². The first-order chi connectivity index (χ1) is 6.99. The van der Waals surface area contributed by atoms with Crippen LogP contribution in [0.15, 0.2) is 0 Å². The quantitative estimate of drug-likeness (QED) is 0.694. The predicted octanol–water partition coefficient (Wildman–Crippen LogP) is 0.427. The van der Waals surface area contributed by atoms with Crippen LogP contribution in [0.1, 0.15) is 33.1 Å². The van der Waals surface area contributed by atoms with Gasteiger partial charge in [-0.05, 0) is 18.3 Å². The second kappa shape index (κ2) is 3.51. The van der Waals surface area contributed by atoms with Gasteiger partial charge in [0.15, 0.2) is 0 Å². The number of hydrogen-bond donors (Lipinski definition) is 2. The van der Waals surface area contributed by atoms with Gasteiger partial charge >= 0.3 is 0 Å². The third-order valence-electron chi connectivity index (χ3n) is 3.44. The van der Waals surface area contributed by atoms with E-state index in [0.717, 1.165) is 12.8 Å². The number of hydrogen-bond acceptors (Lipinski definition) is 2. The van der Waals surface area contributed by atoms with Gasteiger partial charge in [0.25, 0.3) is 0 Å². The van der Waals surface area contributed by atoms with Crippen molar-refractivity contribution in [3.63, 3.8) is 0 Å². The van der Waals surface area contributed by atoms with Crippen LogP contribution in [0.5, 0.6) is 0 Å². The Labute approximate surface area is 89.8 Å². The molecule has 1 aliphatic heterocycles. The molecule has 4 heteroatoms. The zero-order valence-corrected chi connectivity index (χ0v) is 9.30. The van der Waals surface area contributed by atoms with E-state index in [4.69, 9.17) is 0 Å². The van der Waals surface area contributed by atoms with Crippen molar-refractivity contribution in [1.29, 1.82) is 0 Å². The second-order valence-electron chi connectivity index (χ2n) is 5.29. The van der Waals surface area contributed by atoms with Gasteiger partial charge in [-0.15, -0.1) is 0 Å². The normalized spacial score (nSPS) is 33.1. The van der Waals surface area contributed by atoms with Crippen LogP contribution in [0.2, 0.25) is 0 Å². The fraction of sp³-hybridized carbons (Fsp3) is 0.818. The summed E-state index contributed by atoms with van der Waals surface area (Å²) in [6.45, 7) is 4.80. The Hall–Kier alpha value is -1.06. The molecule has 0 bridgehead atoms. The van der Waals surface area contributed by atoms with E-state index in [2.05, 4.69) is 24.5 Å². The van der Waals surface area contributed by atoms with E-state index in [1.54, 1.807) is 0 Å². The molecule has 4 nitrogen and oxygen atoms in total. The van der Waals surface area contributed by atoms with Gasteiger partial charge in [0.2, 0.25) is 11.8 Å². The number of rotatable bonds is 2. The van der Waals surface area contributed by atoms with Crippen molar-refractivity contribution in [2.24, 2.45) is 11.3 Å². The number of nitrogens with one attached hydrogen (secondary N) is 2. The van der Waals surface area contributed by atoms with Crippen LogP contribution in [0.25, 0.3) is 0 Å². The van der Waals surface area contributed by atoms with Gasteiger partial charge in [-0.25, -0.2) is 0 Å². The lowest BCUT2D eigenvalue weighted by atomic mass is 10.1. The zero-order chi connectivity index (χ0) is 11.1. The minimum atomic E-state index is 0.0900. The molecule has 2 aliphatic rings. The number of amides is 2. The highest BCUT2D eigenvalue weighted by atomic mass is 16.2. The van der Waals surface area contributed by atoms with E-state index in [9.17, 15) is 9.59 Å². The first-order valence-corrected chi connectivity index (χ1v) is 5.56. The lowest BCUT2D eigenvalue weighted by Crippen LogP contribution is -2.48. The van der Waals surface area contributed by atoms with E-state index in [1.165, 1.54) is 0 Å². The Morgan fingerprint density at radius 2 is 2.20 bits per heavy atom. The summed E-state index contributed by atoms with van der Waals surface area (Å²) in [5, 5.41) is 5.77. The van der Waals surface area contributed by atoms with Crippen LogP contribution in [0.3, 0.4) is 0 Å². The molecule has 0 aromatic carbocycles. The summed E-state index contributed by atoms with van der Waals surface area (Å²) in [7, 11) is 0. The minimum absolute atomic E-state index is 0.0900. The van der Waals surface area contributed by atoms with Crippen molar-refractivity contribution in [2.45, 2.75) is 39.2 Å². The summed E-state index contributed by atoms with van der Waals surface area (Å²) in [5.74, 6) is 0.420. The molecule has 0 radical (unpaired) electrons.